The smallest absolute Gasteiger partial charge is 0.464 e. The van der Waals surface area contributed by atoms with Crippen LogP contribution in [0.1, 0.15) is 22.3 Å². The van der Waals surface area contributed by atoms with Gasteiger partial charge in [0.05, 0.1) is 44.2 Å². The number of aryl methyl sites for hydroxylation is 2. The molecule has 0 spiro atoms. The average Bonchev–Trinajstić information content (AvgIpc) is 3.04. The zero-order valence-corrected chi connectivity index (χ0v) is 33.6. The van der Waals surface area contributed by atoms with Crippen LogP contribution in [0.25, 0.3) is 21.9 Å². The molecule has 0 unspecified atom stereocenters. The summed E-state index contributed by atoms with van der Waals surface area (Å²) in [6.45, 7) is 4.36. The number of nitrogens with two attached hydrogens (primary N) is 2. The SMILES string of the molecule is Cc1ccc2occ(CNc3ccc(S(N)(=O)=O)cc3)c(=O)c2c1.Cc1ccc2occ(CNc3ccc(S(N)(=O)=O)cc3)c(=O)c2c1.Cl.Cl.[Zn+2]. The number of hydrogen-bond donors (Lipinski definition) is 4. The molecule has 6 N–H and O–H groups in total. The second-order valence-electron chi connectivity index (χ2n) is 11.0. The number of benzene rings is 4. The molecule has 0 aliphatic rings. The standard InChI is InChI=1S/2C17H16N2O4S.2ClH.Zn/c2*1-11-2-7-16-15(8-11)17(20)12(10-23-16)9-19-13-3-5-14(6-4-13)24(18,21)22;;;/h2*2-8,10,19H,9H2,1H3,(H2,18,21,22);2*1H;/q;;;;+2. The minimum atomic E-state index is -3.71. The van der Waals surface area contributed by atoms with E-state index in [9.17, 15) is 26.4 Å². The topological polar surface area (TPSA) is 205 Å². The van der Waals surface area contributed by atoms with E-state index in [1.807, 2.05) is 26.0 Å². The van der Waals surface area contributed by atoms with E-state index in [-0.39, 0.29) is 78.0 Å². The van der Waals surface area contributed by atoms with Crippen molar-refractivity contribution in [1.82, 2.24) is 0 Å². The van der Waals surface area contributed by atoms with Gasteiger partial charge < -0.3 is 19.5 Å². The third-order valence-electron chi connectivity index (χ3n) is 7.33. The molecule has 0 aliphatic carbocycles. The van der Waals surface area contributed by atoms with Crippen molar-refractivity contribution in [3.05, 3.63) is 140 Å². The molecule has 0 saturated heterocycles. The summed E-state index contributed by atoms with van der Waals surface area (Å²) in [5, 5.41) is 17.3. The Kier molecular flexibility index (Phi) is 15.1. The van der Waals surface area contributed by atoms with Crippen molar-refractivity contribution in [2.45, 2.75) is 36.7 Å². The fraction of sp³-hybridized carbons (Fsp3) is 0.118. The fourth-order valence-corrected chi connectivity index (χ4v) is 5.76. The van der Waals surface area contributed by atoms with Gasteiger partial charge in [-0.05, 0) is 86.6 Å². The molecule has 264 valence electrons. The molecule has 12 nitrogen and oxygen atoms in total. The first-order chi connectivity index (χ1) is 22.7. The number of sulfonamides is 2. The van der Waals surface area contributed by atoms with Gasteiger partial charge in [-0.2, -0.15) is 0 Å². The number of rotatable bonds is 8. The maximum atomic E-state index is 12.5. The molecule has 0 saturated carbocycles. The molecule has 51 heavy (non-hydrogen) atoms. The van der Waals surface area contributed by atoms with Crippen molar-refractivity contribution in [1.29, 1.82) is 0 Å². The number of nitrogens with one attached hydrogen (secondary N) is 2. The summed E-state index contributed by atoms with van der Waals surface area (Å²) in [5.74, 6) is 0. The zero-order valence-electron chi connectivity index (χ0n) is 27.4. The van der Waals surface area contributed by atoms with Crippen molar-refractivity contribution < 1.29 is 45.1 Å². The van der Waals surface area contributed by atoms with Crippen LogP contribution in [0, 0.1) is 13.8 Å². The molecular formula is C34H34Cl2N4O8S2Zn+2. The van der Waals surface area contributed by atoms with Crippen LogP contribution in [-0.4, -0.2) is 16.8 Å². The predicted octanol–water partition coefficient (Wildman–Crippen LogP) is 5.56. The summed E-state index contributed by atoms with van der Waals surface area (Å²) in [7, 11) is -7.43. The summed E-state index contributed by atoms with van der Waals surface area (Å²) in [5.41, 5.74) is 5.21. The normalized spacial score (nSPS) is 10.9. The molecule has 0 atom stereocenters. The van der Waals surface area contributed by atoms with Gasteiger partial charge in [-0.25, -0.2) is 27.1 Å². The number of anilines is 2. The van der Waals surface area contributed by atoms with Crippen molar-refractivity contribution in [3.63, 3.8) is 0 Å². The second-order valence-corrected chi connectivity index (χ2v) is 14.1. The first-order valence-corrected chi connectivity index (χ1v) is 17.5. The minimum absolute atomic E-state index is 0. The predicted molar refractivity (Wildman–Crippen MR) is 199 cm³/mol. The molecule has 4 aromatic carbocycles. The van der Waals surface area contributed by atoms with E-state index in [2.05, 4.69) is 10.6 Å². The van der Waals surface area contributed by atoms with Crippen LogP contribution in [0.15, 0.2) is 126 Å². The van der Waals surface area contributed by atoms with Gasteiger partial charge in [0, 0.05) is 24.5 Å². The van der Waals surface area contributed by atoms with Crippen LogP contribution in [0.4, 0.5) is 11.4 Å². The number of fused-ring (bicyclic) bond motifs is 2. The third kappa shape index (κ3) is 11.0. The summed E-state index contributed by atoms with van der Waals surface area (Å²) < 4.78 is 55.9. The largest absolute Gasteiger partial charge is 2.00 e. The Bertz CT molecular complexity index is 2300. The van der Waals surface area contributed by atoms with Gasteiger partial charge in [0.15, 0.2) is 10.9 Å². The maximum absolute atomic E-state index is 12.5. The van der Waals surface area contributed by atoms with E-state index in [0.717, 1.165) is 11.1 Å². The summed E-state index contributed by atoms with van der Waals surface area (Å²) in [6.07, 6.45) is 2.87. The van der Waals surface area contributed by atoms with Crippen molar-refractivity contribution in [2.24, 2.45) is 10.3 Å². The van der Waals surface area contributed by atoms with Gasteiger partial charge >= 0.3 is 19.5 Å². The molecule has 2 aromatic heterocycles. The van der Waals surface area contributed by atoms with Gasteiger partial charge in [-0.3, -0.25) is 9.59 Å². The van der Waals surface area contributed by atoms with E-state index in [1.165, 1.54) is 36.8 Å². The van der Waals surface area contributed by atoms with Crippen molar-refractivity contribution >= 4 is 78.2 Å². The number of primary sulfonamides is 2. The van der Waals surface area contributed by atoms with E-state index in [1.54, 1.807) is 48.5 Å². The monoisotopic (exact) mass is 824 g/mol. The molecule has 17 heteroatoms. The fourth-order valence-electron chi connectivity index (χ4n) is 4.73. The molecule has 6 aromatic rings. The van der Waals surface area contributed by atoms with Gasteiger partial charge in [0.2, 0.25) is 20.0 Å². The Morgan fingerprint density at radius 2 is 0.902 bits per heavy atom. The Labute approximate surface area is 319 Å². The molecule has 0 amide bonds. The van der Waals surface area contributed by atoms with E-state index >= 15 is 0 Å². The Morgan fingerprint density at radius 1 is 0.569 bits per heavy atom. The first kappa shape index (κ1) is 43.1. The Hall–Kier alpha value is -4.08. The van der Waals surface area contributed by atoms with Crippen LogP contribution >= 0.6 is 24.8 Å². The van der Waals surface area contributed by atoms with E-state index < -0.39 is 20.0 Å². The summed E-state index contributed by atoms with van der Waals surface area (Å²) >= 11 is 0. The third-order valence-corrected chi connectivity index (χ3v) is 9.19. The van der Waals surface area contributed by atoms with Crippen LogP contribution in [0.3, 0.4) is 0 Å². The van der Waals surface area contributed by atoms with Crippen LogP contribution in [0.5, 0.6) is 0 Å². The van der Waals surface area contributed by atoms with Crippen LogP contribution in [0.2, 0.25) is 0 Å². The average molecular weight is 827 g/mol. The second kappa shape index (κ2) is 17.9. The summed E-state index contributed by atoms with van der Waals surface area (Å²) in [6, 6.07) is 22.9. The number of hydrogen-bond acceptors (Lipinski definition) is 10. The molecule has 0 bridgehead atoms. The van der Waals surface area contributed by atoms with Crippen molar-refractivity contribution in [3.8, 4) is 0 Å². The van der Waals surface area contributed by atoms with E-state index in [0.29, 0.717) is 44.4 Å². The molecule has 2 heterocycles. The van der Waals surface area contributed by atoms with Crippen LogP contribution in [-0.2, 0) is 52.6 Å². The Balaban J connectivity index is 0.000000334. The molecule has 6 rings (SSSR count). The van der Waals surface area contributed by atoms with Gasteiger partial charge in [0.1, 0.15) is 11.2 Å². The zero-order chi connectivity index (χ0) is 34.6. The maximum Gasteiger partial charge on any atom is 2.00 e. The molecule has 0 aliphatic heterocycles. The molecule has 0 radical (unpaired) electrons. The molecular weight excluding hydrogens is 793 g/mol. The van der Waals surface area contributed by atoms with Crippen LogP contribution < -0.4 is 31.8 Å². The first-order valence-electron chi connectivity index (χ1n) is 14.4. The van der Waals surface area contributed by atoms with Gasteiger partial charge in [-0.1, -0.05) is 23.3 Å². The Morgan fingerprint density at radius 3 is 1.22 bits per heavy atom. The summed E-state index contributed by atoms with van der Waals surface area (Å²) in [4.78, 5) is 25.1. The van der Waals surface area contributed by atoms with E-state index in [4.69, 9.17) is 19.1 Å². The quantitative estimate of drug-likeness (QED) is 0.141. The minimum Gasteiger partial charge on any atom is -0.464 e. The number of halogens is 2. The van der Waals surface area contributed by atoms with Gasteiger partial charge in [-0.15, -0.1) is 24.8 Å². The van der Waals surface area contributed by atoms with Gasteiger partial charge in [0.25, 0.3) is 0 Å². The molecule has 0 fully saturated rings. The van der Waals surface area contributed by atoms with Crippen molar-refractivity contribution in [2.75, 3.05) is 10.6 Å².